The van der Waals surface area contributed by atoms with Crippen LogP contribution in [-0.4, -0.2) is 26.1 Å². The number of nitrogens with one attached hydrogen (secondary N) is 2. The predicted molar refractivity (Wildman–Crippen MR) is 74.8 cm³/mol. The van der Waals surface area contributed by atoms with Crippen molar-refractivity contribution in [3.63, 3.8) is 0 Å². The molecule has 2 aromatic heterocycles. The molecule has 7 nitrogen and oxygen atoms in total. The van der Waals surface area contributed by atoms with Crippen LogP contribution in [0, 0.1) is 17.2 Å². The van der Waals surface area contributed by atoms with E-state index in [-0.39, 0.29) is 22.5 Å². The number of allylic oxidation sites excluding steroid dienone is 1. The van der Waals surface area contributed by atoms with Crippen LogP contribution in [0.15, 0.2) is 34.5 Å². The molecule has 0 aromatic carbocycles. The zero-order valence-electron chi connectivity index (χ0n) is 11.5. The van der Waals surface area contributed by atoms with E-state index in [1.807, 2.05) is 4.98 Å². The molecule has 2 N–H and O–H groups in total. The van der Waals surface area contributed by atoms with E-state index >= 15 is 0 Å². The van der Waals surface area contributed by atoms with Crippen LogP contribution >= 0.6 is 0 Å². The van der Waals surface area contributed by atoms with Gasteiger partial charge in [-0.05, 0) is 6.07 Å². The second kappa shape index (κ2) is 4.95. The van der Waals surface area contributed by atoms with Crippen molar-refractivity contribution in [2.75, 3.05) is 0 Å². The van der Waals surface area contributed by atoms with Gasteiger partial charge in [0.2, 0.25) is 0 Å². The van der Waals surface area contributed by atoms with Crippen molar-refractivity contribution in [1.29, 1.82) is 5.26 Å². The maximum Gasteiger partial charge on any atom is 0.325 e. The molecule has 0 saturated heterocycles. The van der Waals surface area contributed by atoms with E-state index in [0.29, 0.717) is 0 Å². The first-order chi connectivity index (χ1) is 10.9. The summed E-state index contributed by atoms with van der Waals surface area (Å²) in [6, 6.07) is 2.94. The summed E-state index contributed by atoms with van der Waals surface area (Å²) in [5.74, 6) is -5.35. The van der Waals surface area contributed by atoms with Gasteiger partial charge in [-0.15, -0.1) is 16.8 Å². The van der Waals surface area contributed by atoms with Crippen LogP contribution in [0.5, 0.6) is 0 Å². The Hall–Kier alpha value is -3.15. The minimum absolute atomic E-state index is 0.00185. The zero-order chi connectivity index (χ0) is 16.8. The Labute approximate surface area is 127 Å². The molecule has 0 radical (unpaired) electrons. The number of alkyl halides is 2. The van der Waals surface area contributed by atoms with Crippen molar-refractivity contribution >= 4 is 0 Å². The Bertz CT molecular complexity index is 957. The Morgan fingerprint density at radius 2 is 2.13 bits per heavy atom. The first kappa shape index (κ1) is 14.8. The van der Waals surface area contributed by atoms with Gasteiger partial charge in [0.05, 0.1) is 17.4 Å². The van der Waals surface area contributed by atoms with Crippen LogP contribution in [0.3, 0.4) is 0 Å². The lowest BCUT2D eigenvalue weighted by Crippen LogP contribution is -2.23. The third kappa shape index (κ3) is 2.24. The minimum atomic E-state index is -3.02. The number of aromatic amines is 2. The summed E-state index contributed by atoms with van der Waals surface area (Å²) in [5.41, 5.74) is -1.73. The van der Waals surface area contributed by atoms with Crippen LogP contribution in [0.2, 0.25) is 0 Å². The second-order valence-electron chi connectivity index (χ2n) is 5.04. The van der Waals surface area contributed by atoms with Gasteiger partial charge in [-0.2, -0.15) is 5.26 Å². The van der Waals surface area contributed by atoms with Crippen molar-refractivity contribution in [2.24, 2.45) is 5.92 Å². The number of H-pyrrole nitrogens is 2. The monoisotopic (exact) mass is 317 g/mol. The van der Waals surface area contributed by atoms with Gasteiger partial charge < -0.3 is 4.98 Å². The largest absolute Gasteiger partial charge is 0.325 e. The molecule has 116 valence electrons. The molecule has 2 atom stereocenters. The maximum atomic E-state index is 13.8. The fourth-order valence-electron chi connectivity index (χ4n) is 2.51. The fourth-order valence-corrected chi connectivity index (χ4v) is 2.51. The highest BCUT2D eigenvalue weighted by molar-refractivity contribution is 5.59. The van der Waals surface area contributed by atoms with Crippen LogP contribution in [0.4, 0.5) is 8.78 Å². The van der Waals surface area contributed by atoms with Crippen molar-refractivity contribution in [3.8, 4) is 17.3 Å². The molecule has 0 bridgehead atoms. The molecule has 23 heavy (non-hydrogen) atoms. The number of nitriles is 1. The van der Waals surface area contributed by atoms with Crippen LogP contribution in [0.25, 0.3) is 11.3 Å². The van der Waals surface area contributed by atoms with Crippen molar-refractivity contribution in [3.05, 3.63) is 57.0 Å². The van der Waals surface area contributed by atoms with E-state index < -0.39 is 29.0 Å². The molecule has 2 heterocycles. The third-order valence-electron chi connectivity index (χ3n) is 3.72. The van der Waals surface area contributed by atoms with E-state index in [0.717, 1.165) is 12.3 Å². The molecule has 0 amide bonds. The normalized spacial score (nSPS) is 21.4. The molecule has 1 aliphatic rings. The Kier molecular flexibility index (Phi) is 3.18. The van der Waals surface area contributed by atoms with Crippen LogP contribution in [-0.2, 0) is 0 Å². The number of hydrogen-bond acceptors (Lipinski definition) is 5. The van der Waals surface area contributed by atoms with E-state index in [4.69, 9.17) is 5.26 Å². The van der Waals surface area contributed by atoms with Gasteiger partial charge in [0, 0.05) is 11.8 Å². The second-order valence-corrected chi connectivity index (χ2v) is 5.04. The first-order valence-electron chi connectivity index (χ1n) is 6.50. The molecule has 2 aromatic rings. The van der Waals surface area contributed by atoms with Gasteiger partial charge in [0.25, 0.3) is 11.5 Å². The standard InChI is InChI=1S/C14H9F2N5O2/c1-2-8-11(14(8,15)16)6-3-9(20-21-10(6)4-17)7-5-18-13(23)19-12(7)22/h2-3,5,8,11H,1H2,(H2,18,19,22,23)/t8-,11-/m1/s1. The number of hydrogen-bond donors (Lipinski definition) is 2. The van der Waals surface area contributed by atoms with Gasteiger partial charge in [-0.1, -0.05) is 6.08 Å². The Balaban J connectivity index is 2.15. The van der Waals surface area contributed by atoms with Gasteiger partial charge in [-0.3, -0.25) is 9.78 Å². The quantitative estimate of drug-likeness (QED) is 0.817. The summed E-state index contributed by atoms with van der Waals surface area (Å²) < 4.78 is 27.6. The maximum absolute atomic E-state index is 13.8. The smallest absolute Gasteiger partial charge is 0.313 e. The van der Waals surface area contributed by atoms with Crippen LogP contribution < -0.4 is 11.2 Å². The number of rotatable bonds is 3. The average Bonchev–Trinajstić information content (AvgIpc) is 3.07. The average molecular weight is 317 g/mol. The summed E-state index contributed by atoms with van der Waals surface area (Å²) in [5, 5.41) is 16.3. The summed E-state index contributed by atoms with van der Waals surface area (Å²) in [6.07, 6.45) is 2.23. The molecule has 1 aliphatic carbocycles. The zero-order valence-corrected chi connectivity index (χ0v) is 11.5. The van der Waals surface area contributed by atoms with E-state index in [9.17, 15) is 18.4 Å². The molecule has 9 heteroatoms. The van der Waals surface area contributed by atoms with Gasteiger partial charge in [0.15, 0.2) is 5.69 Å². The fraction of sp³-hybridized carbons (Fsp3) is 0.214. The summed E-state index contributed by atoms with van der Waals surface area (Å²) >= 11 is 0. The number of halogens is 2. The van der Waals surface area contributed by atoms with Gasteiger partial charge in [0.1, 0.15) is 11.8 Å². The molecule has 0 aliphatic heterocycles. The van der Waals surface area contributed by atoms with Crippen molar-refractivity contribution in [2.45, 2.75) is 11.8 Å². The number of aromatic nitrogens is 4. The summed E-state index contributed by atoms with van der Waals surface area (Å²) in [6.45, 7) is 3.36. The summed E-state index contributed by atoms with van der Waals surface area (Å²) in [7, 11) is 0. The first-order valence-corrected chi connectivity index (χ1v) is 6.50. The van der Waals surface area contributed by atoms with Crippen molar-refractivity contribution < 1.29 is 8.78 Å². The molecule has 0 unspecified atom stereocenters. The highest BCUT2D eigenvalue weighted by Gasteiger charge is 2.68. The highest BCUT2D eigenvalue weighted by Crippen LogP contribution is 2.62. The molecule has 0 spiro atoms. The molecule has 1 fully saturated rings. The van der Waals surface area contributed by atoms with Gasteiger partial charge >= 0.3 is 5.69 Å². The van der Waals surface area contributed by atoms with Crippen molar-refractivity contribution in [1.82, 2.24) is 20.2 Å². The summed E-state index contributed by atoms with van der Waals surface area (Å²) in [4.78, 5) is 27.1. The lowest BCUT2D eigenvalue weighted by atomic mass is 10.1. The Morgan fingerprint density at radius 3 is 2.70 bits per heavy atom. The highest BCUT2D eigenvalue weighted by atomic mass is 19.3. The van der Waals surface area contributed by atoms with E-state index in [1.54, 1.807) is 6.07 Å². The lowest BCUT2D eigenvalue weighted by Gasteiger charge is -2.04. The van der Waals surface area contributed by atoms with E-state index in [2.05, 4.69) is 21.8 Å². The SMILES string of the molecule is C=C[C@@H]1[C@@H](c2cc(-c3c[nH]c(=O)[nH]c3=O)nnc2C#N)C1(F)F. The Morgan fingerprint density at radius 1 is 1.39 bits per heavy atom. The number of nitrogens with zero attached hydrogens (tertiary/aromatic N) is 3. The van der Waals surface area contributed by atoms with E-state index in [1.165, 1.54) is 6.07 Å². The van der Waals surface area contributed by atoms with Gasteiger partial charge in [-0.25, -0.2) is 13.6 Å². The van der Waals surface area contributed by atoms with Crippen LogP contribution in [0.1, 0.15) is 17.2 Å². The molecule has 1 saturated carbocycles. The third-order valence-corrected chi connectivity index (χ3v) is 3.72. The molecular weight excluding hydrogens is 308 g/mol. The molecular formula is C14H9F2N5O2. The lowest BCUT2D eigenvalue weighted by molar-refractivity contribution is 0.101. The molecule has 3 rings (SSSR count). The predicted octanol–water partition coefficient (Wildman–Crippen LogP) is 0.927. The topological polar surface area (TPSA) is 115 Å². The minimum Gasteiger partial charge on any atom is -0.313 e.